The summed E-state index contributed by atoms with van der Waals surface area (Å²) >= 11 is 0. The summed E-state index contributed by atoms with van der Waals surface area (Å²) in [6.45, 7) is 9.86. The topological polar surface area (TPSA) is 20.2 Å². The normalized spacial score (nSPS) is 10.4. The highest BCUT2D eigenvalue weighted by atomic mass is 16.3. The Morgan fingerprint density at radius 2 is 1.43 bits per heavy atom. The number of hydrogen-bond acceptors (Lipinski definition) is 1. The smallest absolute Gasteiger partial charge is 0.0840 e. The monoisotopic (exact) mass is 194 g/mol. The zero-order valence-corrected chi connectivity index (χ0v) is 9.96. The molecule has 0 aliphatic heterocycles. The predicted octanol–water partition coefficient (Wildman–Crippen LogP) is 3.64. The first-order valence-corrected chi connectivity index (χ1v) is 5.21. The molecule has 0 spiro atoms. The zero-order chi connectivity index (χ0) is 11.2. The summed E-state index contributed by atoms with van der Waals surface area (Å²) in [6.07, 6.45) is 1.25. The molecule has 0 amide bonds. The summed E-state index contributed by atoms with van der Waals surface area (Å²) in [5, 5.41) is 9.58. The van der Waals surface area contributed by atoms with Crippen LogP contribution in [0, 0.1) is 6.92 Å². The van der Waals surface area contributed by atoms with Crippen LogP contribution in [0.5, 0.6) is 0 Å². The van der Waals surface area contributed by atoms with Gasteiger partial charge in [0, 0.05) is 0 Å². The van der Waals surface area contributed by atoms with Gasteiger partial charge in [0.1, 0.15) is 0 Å². The molecular weight excluding hydrogens is 172 g/mol. The van der Waals surface area contributed by atoms with Crippen molar-refractivity contribution >= 4 is 0 Å². The maximum atomic E-state index is 9.58. The highest BCUT2D eigenvalue weighted by Crippen LogP contribution is 2.19. The Balaban J connectivity index is 0.000000500. The van der Waals surface area contributed by atoms with Gasteiger partial charge in [0.05, 0.1) is 5.60 Å². The van der Waals surface area contributed by atoms with Crippen LogP contribution in [0.4, 0.5) is 0 Å². The molecule has 1 aromatic rings. The van der Waals surface area contributed by atoms with E-state index in [0.717, 1.165) is 5.56 Å². The molecule has 1 rings (SSSR count). The van der Waals surface area contributed by atoms with Crippen molar-refractivity contribution in [3.8, 4) is 0 Å². The lowest BCUT2D eigenvalue weighted by molar-refractivity contribution is 0.0786. The lowest BCUT2D eigenvalue weighted by Crippen LogP contribution is -2.14. The van der Waals surface area contributed by atoms with E-state index in [1.807, 2.05) is 31.2 Å². The Labute approximate surface area is 87.8 Å². The molecule has 1 nitrogen and oxygen atoms in total. The SMILES string of the molecule is CCC.Cc1ccc(C(C)(C)O)cc1. The summed E-state index contributed by atoms with van der Waals surface area (Å²) < 4.78 is 0. The van der Waals surface area contributed by atoms with Crippen LogP contribution in [0.25, 0.3) is 0 Å². The number of rotatable bonds is 1. The molecule has 1 aromatic carbocycles. The Hall–Kier alpha value is -0.820. The minimum absolute atomic E-state index is 0.715. The van der Waals surface area contributed by atoms with Crippen molar-refractivity contribution in [3.63, 3.8) is 0 Å². The second-order valence-electron chi connectivity index (χ2n) is 4.13. The molecule has 0 saturated heterocycles. The average molecular weight is 194 g/mol. The van der Waals surface area contributed by atoms with Crippen molar-refractivity contribution in [2.45, 2.75) is 46.6 Å². The largest absolute Gasteiger partial charge is 0.386 e. The van der Waals surface area contributed by atoms with E-state index in [-0.39, 0.29) is 0 Å². The van der Waals surface area contributed by atoms with Gasteiger partial charge in [-0.2, -0.15) is 0 Å². The van der Waals surface area contributed by atoms with Crippen molar-refractivity contribution in [2.24, 2.45) is 0 Å². The lowest BCUT2D eigenvalue weighted by atomic mass is 9.98. The van der Waals surface area contributed by atoms with Gasteiger partial charge in [-0.3, -0.25) is 0 Å². The molecule has 1 heteroatoms. The Morgan fingerprint density at radius 1 is 1.07 bits per heavy atom. The molecule has 0 radical (unpaired) electrons. The van der Waals surface area contributed by atoms with E-state index < -0.39 is 5.60 Å². The molecular formula is C13H22O. The first kappa shape index (κ1) is 13.2. The minimum Gasteiger partial charge on any atom is -0.386 e. The van der Waals surface area contributed by atoms with Crippen molar-refractivity contribution < 1.29 is 5.11 Å². The van der Waals surface area contributed by atoms with Crippen molar-refractivity contribution in [1.82, 2.24) is 0 Å². The number of benzene rings is 1. The standard InChI is InChI=1S/C10H14O.C3H8/c1-8-4-6-9(7-5-8)10(2,3)11;1-3-2/h4-7,11H,1-3H3;3H2,1-2H3. The molecule has 0 aliphatic rings. The number of aliphatic hydroxyl groups is 1. The third-order valence-corrected chi connectivity index (χ3v) is 1.76. The lowest BCUT2D eigenvalue weighted by Gasteiger charge is -2.17. The molecule has 0 unspecified atom stereocenters. The summed E-state index contributed by atoms with van der Waals surface area (Å²) in [4.78, 5) is 0. The van der Waals surface area contributed by atoms with Crippen LogP contribution >= 0.6 is 0 Å². The first-order valence-electron chi connectivity index (χ1n) is 5.21. The third kappa shape index (κ3) is 5.03. The van der Waals surface area contributed by atoms with Gasteiger partial charge in [0.2, 0.25) is 0 Å². The maximum absolute atomic E-state index is 9.58. The molecule has 0 saturated carbocycles. The second-order valence-corrected chi connectivity index (χ2v) is 4.13. The Bertz CT molecular complexity index is 241. The van der Waals surface area contributed by atoms with Crippen molar-refractivity contribution in [1.29, 1.82) is 0 Å². The summed E-state index contributed by atoms with van der Waals surface area (Å²) in [7, 11) is 0. The van der Waals surface area contributed by atoms with Crippen LogP contribution < -0.4 is 0 Å². The molecule has 0 heterocycles. The van der Waals surface area contributed by atoms with Crippen LogP contribution in [-0.2, 0) is 5.60 Å². The molecule has 0 fully saturated rings. The van der Waals surface area contributed by atoms with Gasteiger partial charge in [0.15, 0.2) is 0 Å². The van der Waals surface area contributed by atoms with Gasteiger partial charge >= 0.3 is 0 Å². The maximum Gasteiger partial charge on any atom is 0.0840 e. The molecule has 0 atom stereocenters. The molecule has 14 heavy (non-hydrogen) atoms. The van der Waals surface area contributed by atoms with E-state index in [1.54, 1.807) is 13.8 Å². The van der Waals surface area contributed by atoms with Crippen LogP contribution in [0.3, 0.4) is 0 Å². The fourth-order valence-electron chi connectivity index (χ4n) is 0.961. The van der Waals surface area contributed by atoms with Crippen LogP contribution in [-0.4, -0.2) is 5.11 Å². The van der Waals surface area contributed by atoms with Gasteiger partial charge < -0.3 is 5.11 Å². The minimum atomic E-state index is -0.715. The zero-order valence-electron chi connectivity index (χ0n) is 9.96. The second kappa shape index (κ2) is 5.82. The third-order valence-electron chi connectivity index (χ3n) is 1.76. The number of aryl methyl sites for hydroxylation is 1. The molecule has 80 valence electrons. The van der Waals surface area contributed by atoms with Crippen LogP contribution in [0.15, 0.2) is 24.3 Å². The quantitative estimate of drug-likeness (QED) is 0.723. The van der Waals surface area contributed by atoms with Crippen LogP contribution in [0.2, 0.25) is 0 Å². The summed E-state index contributed by atoms with van der Waals surface area (Å²) in [6, 6.07) is 7.92. The average Bonchev–Trinajstić information content (AvgIpc) is 2.04. The van der Waals surface area contributed by atoms with Crippen LogP contribution in [0.1, 0.15) is 45.2 Å². The van der Waals surface area contributed by atoms with E-state index >= 15 is 0 Å². The van der Waals surface area contributed by atoms with Gasteiger partial charge in [-0.1, -0.05) is 50.1 Å². The van der Waals surface area contributed by atoms with Gasteiger partial charge in [-0.15, -0.1) is 0 Å². The molecule has 1 N–H and O–H groups in total. The highest BCUT2D eigenvalue weighted by molar-refractivity contribution is 5.25. The summed E-state index contributed by atoms with van der Waals surface area (Å²) in [5.74, 6) is 0. The van der Waals surface area contributed by atoms with E-state index in [4.69, 9.17) is 0 Å². The molecule has 0 bridgehead atoms. The van der Waals surface area contributed by atoms with Gasteiger partial charge in [-0.05, 0) is 26.3 Å². The predicted molar refractivity (Wildman–Crippen MR) is 62.4 cm³/mol. The van der Waals surface area contributed by atoms with Crippen molar-refractivity contribution in [2.75, 3.05) is 0 Å². The first-order chi connectivity index (χ1) is 6.41. The van der Waals surface area contributed by atoms with Crippen molar-refractivity contribution in [3.05, 3.63) is 35.4 Å². The fourth-order valence-corrected chi connectivity index (χ4v) is 0.961. The molecule has 0 aromatic heterocycles. The van der Waals surface area contributed by atoms with Gasteiger partial charge in [-0.25, -0.2) is 0 Å². The summed E-state index contributed by atoms with van der Waals surface area (Å²) in [5.41, 5.74) is 1.47. The number of hydrogen-bond donors (Lipinski definition) is 1. The van der Waals surface area contributed by atoms with E-state index in [1.165, 1.54) is 12.0 Å². The van der Waals surface area contributed by atoms with E-state index in [0.29, 0.717) is 0 Å². The van der Waals surface area contributed by atoms with E-state index in [9.17, 15) is 5.11 Å². The highest BCUT2D eigenvalue weighted by Gasteiger charge is 2.14. The fraction of sp³-hybridized carbons (Fsp3) is 0.538. The Kier molecular flexibility index (Phi) is 5.47. The van der Waals surface area contributed by atoms with E-state index in [2.05, 4.69) is 13.8 Å². The Morgan fingerprint density at radius 3 is 1.71 bits per heavy atom. The molecule has 0 aliphatic carbocycles. The van der Waals surface area contributed by atoms with Gasteiger partial charge in [0.25, 0.3) is 0 Å².